The number of ketones is 1. The summed E-state index contributed by atoms with van der Waals surface area (Å²) in [5.74, 6) is 0.00260. The number of nitrogens with one attached hydrogen (secondary N) is 1. The molecule has 2 aromatic rings. The number of aromatic amines is 1. The van der Waals surface area contributed by atoms with Crippen LogP contribution in [0.5, 0.6) is 0 Å². The quantitative estimate of drug-likeness (QED) is 0.625. The van der Waals surface area contributed by atoms with Gasteiger partial charge in [-0.2, -0.15) is 0 Å². The maximum Gasteiger partial charge on any atom is 0.178 e. The Balaban J connectivity index is 2.73. The van der Waals surface area contributed by atoms with Crippen LogP contribution in [0.4, 0.5) is 0 Å². The summed E-state index contributed by atoms with van der Waals surface area (Å²) in [4.78, 5) is 19.9. The molecular weight excluding hydrogens is 208 g/mol. The van der Waals surface area contributed by atoms with E-state index in [0.29, 0.717) is 5.69 Å². The van der Waals surface area contributed by atoms with Crippen molar-refractivity contribution in [2.75, 3.05) is 6.26 Å². The third kappa shape index (κ3) is 1.65. The highest BCUT2D eigenvalue weighted by atomic mass is 32.2. The molecule has 0 bridgehead atoms. The van der Waals surface area contributed by atoms with Gasteiger partial charge in [0, 0.05) is 12.6 Å². The van der Waals surface area contributed by atoms with E-state index in [9.17, 15) is 4.79 Å². The summed E-state index contributed by atoms with van der Waals surface area (Å²) in [6.07, 6.45) is 2.01. The van der Waals surface area contributed by atoms with Crippen molar-refractivity contribution >= 4 is 28.6 Å². The fraction of sp³-hybridized carbons (Fsp3) is 0.273. The van der Waals surface area contributed by atoms with Gasteiger partial charge in [-0.25, -0.2) is 4.98 Å². The Labute approximate surface area is 92.3 Å². The van der Waals surface area contributed by atoms with E-state index in [2.05, 4.69) is 9.97 Å². The van der Waals surface area contributed by atoms with Crippen LogP contribution >= 0.6 is 11.8 Å². The number of rotatable bonds is 2. The molecule has 78 valence electrons. The minimum absolute atomic E-state index is 0.00260. The van der Waals surface area contributed by atoms with Crippen LogP contribution in [0.3, 0.4) is 0 Å². The highest BCUT2D eigenvalue weighted by Gasteiger charge is 2.10. The van der Waals surface area contributed by atoms with E-state index in [4.69, 9.17) is 0 Å². The van der Waals surface area contributed by atoms with Crippen LogP contribution in [-0.2, 0) is 0 Å². The fourth-order valence-corrected chi connectivity index (χ4v) is 2.32. The number of thioether (sulfide) groups is 1. The number of aromatic nitrogens is 2. The lowest BCUT2D eigenvalue weighted by Crippen LogP contribution is -1.95. The molecule has 0 fully saturated rings. The molecule has 3 nitrogen and oxygen atoms in total. The van der Waals surface area contributed by atoms with Gasteiger partial charge in [0.05, 0.1) is 10.4 Å². The number of aryl methyl sites for hydroxylation is 1. The second kappa shape index (κ2) is 3.70. The van der Waals surface area contributed by atoms with Gasteiger partial charge in [0.2, 0.25) is 0 Å². The Hall–Kier alpha value is -1.29. The maximum atomic E-state index is 11.2. The average Bonchev–Trinajstić information content (AvgIpc) is 2.51. The summed E-state index contributed by atoms with van der Waals surface area (Å²) in [5.41, 5.74) is 3.51. The van der Waals surface area contributed by atoms with Crippen molar-refractivity contribution in [1.29, 1.82) is 0 Å². The van der Waals surface area contributed by atoms with E-state index in [1.54, 1.807) is 17.8 Å². The summed E-state index contributed by atoms with van der Waals surface area (Å²) in [7, 11) is 0. The third-order valence-electron chi connectivity index (χ3n) is 2.34. The molecule has 0 aliphatic heterocycles. The Kier molecular flexibility index (Phi) is 2.52. The number of carbonyl (C=O) groups excluding carboxylic acids is 1. The van der Waals surface area contributed by atoms with Crippen LogP contribution in [0.2, 0.25) is 0 Å². The maximum absolute atomic E-state index is 11.2. The predicted octanol–water partition coefficient (Wildman–Crippen LogP) is 2.80. The number of carbonyl (C=O) groups is 1. The number of hydrogen-bond donors (Lipinski definition) is 1. The van der Waals surface area contributed by atoms with Crippen molar-refractivity contribution < 1.29 is 4.79 Å². The van der Waals surface area contributed by atoms with Gasteiger partial charge < -0.3 is 4.98 Å². The Morgan fingerprint density at radius 3 is 2.80 bits per heavy atom. The molecule has 15 heavy (non-hydrogen) atoms. The summed E-state index contributed by atoms with van der Waals surface area (Å²) >= 11 is 1.65. The smallest absolute Gasteiger partial charge is 0.178 e. The molecule has 0 radical (unpaired) electrons. The van der Waals surface area contributed by atoms with E-state index >= 15 is 0 Å². The van der Waals surface area contributed by atoms with Crippen LogP contribution in [-0.4, -0.2) is 22.0 Å². The molecule has 0 spiro atoms. The van der Waals surface area contributed by atoms with Crippen molar-refractivity contribution in [3.63, 3.8) is 0 Å². The molecule has 0 atom stereocenters. The highest BCUT2D eigenvalue weighted by Crippen LogP contribution is 2.28. The molecule has 0 aliphatic carbocycles. The fourth-order valence-electron chi connectivity index (χ4n) is 1.62. The van der Waals surface area contributed by atoms with Crippen LogP contribution < -0.4 is 0 Å². The number of pyridine rings is 1. The zero-order chi connectivity index (χ0) is 11.0. The first-order chi connectivity index (χ1) is 7.13. The van der Waals surface area contributed by atoms with Gasteiger partial charge in [-0.1, -0.05) is 0 Å². The van der Waals surface area contributed by atoms with Crippen molar-refractivity contribution in [3.8, 4) is 0 Å². The van der Waals surface area contributed by atoms with Gasteiger partial charge >= 0.3 is 0 Å². The van der Waals surface area contributed by atoms with Gasteiger partial charge in [0.15, 0.2) is 5.78 Å². The predicted molar refractivity (Wildman–Crippen MR) is 62.6 cm³/mol. The van der Waals surface area contributed by atoms with Gasteiger partial charge in [0.1, 0.15) is 11.2 Å². The molecule has 0 saturated carbocycles. The zero-order valence-electron chi connectivity index (χ0n) is 8.92. The van der Waals surface area contributed by atoms with E-state index in [0.717, 1.165) is 21.6 Å². The molecule has 0 aromatic carbocycles. The molecule has 0 aliphatic rings. The Morgan fingerprint density at radius 1 is 1.47 bits per heavy atom. The molecule has 4 heteroatoms. The molecule has 0 amide bonds. The molecule has 2 rings (SSSR count). The second-order valence-electron chi connectivity index (χ2n) is 3.43. The Morgan fingerprint density at radius 2 is 2.20 bits per heavy atom. The van der Waals surface area contributed by atoms with Crippen molar-refractivity contribution in [3.05, 3.63) is 23.5 Å². The molecule has 2 heterocycles. The van der Waals surface area contributed by atoms with E-state index in [-0.39, 0.29) is 5.78 Å². The molecular formula is C11H12N2OS. The summed E-state index contributed by atoms with van der Waals surface area (Å²) in [6.45, 7) is 3.55. The lowest BCUT2D eigenvalue weighted by molar-refractivity contribution is 0.101. The minimum Gasteiger partial charge on any atom is -0.356 e. The summed E-state index contributed by atoms with van der Waals surface area (Å²) in [5, 5.41) is 0. The summed E-state index contributed by atoms with van der Waals surface area (Å²) in [6, 6.07) is 3.66. The van der Waals surface area contributed by atoms with E-state index in [1.165, 1.54) is 6.92 Å². The third-order valence-corrected chi connectivity index (χ3v) is 3.25. The normalized spacial score (nSPS) is 10.9. The first-order valence-electron chi connectivity index (χ1n) is 4.67. The molecule has 1 N–H and O–H groups in total. The van der Waals surface area contributed by atoms with Gasteiger partial charge in [-0.3, -0.25) is 4.79 Å². The van der Waals surface area contributed by atoms with Crippen LogP contribution in [0.1, 0.15) is 23.1 Å². The number of nitrogens with zero attached hydrogens (tertiary/aromatic N) is 1. The average molecular weight is 220 g/mol. The number of H-pyrrole nitrogens is 1. The van der Waals surface area contributed by atoms with Gasteiger partial charge in [0.25, 0.3) is 0 Å². The second-order valence-corrected chi connectivity index (χ2v) is 4.25. The first kappa shape index (κ1) is 10.2. The molecule has 0 saturated heterocycles. The number of fused-ring (bicyclic) bond motifs is 1. The SMILES string of the molecule is CSc1c(C)[nH]c2ccc(C(C)=O)nc12. The van der Waals surface area contributed by atoms with Crippen LogP contribution in [0, 0.1) is 6.92 Å². The number of hydrogen-bond acceptors (Lipinski definition) is 3. The van der Waals surface area contributed by atoms with Gasteiger partial charge in [-0.15, -0.1) is 11.8 Å². The van der Waals surface area contributed by atoms with Crippen LogP contribution in [0.15, 0.2) is 17.0 Å². The summed E-state index contributed by atoms with van der Waals surface area (Å²) < 4.78 is 0. The van der Waals surface area contributed by atoms with Crippen molar-refractivity contribution in [1.82, 2.24) is 9.97 Å². The van der Waals surface area contributed by atoms with Crippen molar-refractivity contribution in [2.24, 2.45) is 0 Å². The van der Waals surface area contributed by atoms with Crippen LogP contribution in [0.25, 0.3) is 11.0 Å². The lowest BCUT2D eigenvalue weighted by Gasteiger charge is -1.97. The zero-order valence-corrected chi connectivity index (χ0v) is 9.73. The van der Waals surface area contributed by atoms with Crippen molar-refractivity contribution in [2.45, 2.75) is 18.7 Å². The van der Waals surface area contributed by atoms with E-state index < -0.39 is 0 Å². The van der Waals surface area contributed by atoms with E-state index in [1.807, 2.05) is 19.2 Å². The Bertz CT molecular complexity index is 531. The highest BCUT2D eigenvalue weighted by molar-refractivity contribution is 7.98. The largest absolute Gasteiger partial charge is 0.356 e. The number of Topliss-reactive ketones (excluding diaryl/α,β-unsaturated/α-hetero) is 1. The topological polar surface area (TPSA) is 45.8 Å². The minimum atomic E-state index is 0.00260. The standard InChI is InChI=1S/C11H12N2OS/c1-6-11(15-3)10-9(12-6)5-4-8(13-10)7(2)14/h4-5,12H,1-3H3. The molecule has 2 aromatic heterocycles. The first-order valence-corrected chi connectivity index (χ1v) is 5.90. The molecule has 0 unspecified atom stereocenters. The monoisotopic (exact) mass is 220 g/mol. The van der Waals surface area contributed by atoms with Gasteiger partial charge in [-0.05, 0) is 25.3 Å². The lowest BCUT2D eigenvalue weighted by atomic mass is 10.2.